The molecule has 0 bridgehead atoms. The van der Waals surface area contributed by atoms with Crippen LogP contribution in [0, 0.1) is 0 Å². The summed E-state index contributed by atoms with van der Waals surface area (Å²) in [5.74, 6) is 0.317. The maximum absolute atomic E-state index is 12.9. The van der Waals surface area contributed by atoms with Gasteiger partial charge < -0.3 is 29.2 Å². The number of nitrogens with one attached hydrogen (secondary N) is 1. The number of rotatable bonds is 33. The Kier molecular flexibility index (Phi) is 30.2. The van der Waals surface area contributed by atoms with Gasteiger partial charge in [0.05, 0.1) is 52.9 Å². The second kappa shape index (κ2) is 31.5. The highest BCUT2D eigenvalue weighted by molar-refractivity contribution is 5.77. The van der Waals surface area contributed by atoms with Gasteiger partial charge in [-0.25, -0.2) is 0 Å². The smallest absolute Gasteiger partial charge is 0.222 e. The van der Waals surface area contributed by atoms with Gasteiger partial charge in [0.15, 0.2) is 0 Å². The van der Waals surface area contributed by atoms with Crippen LogP contribution in [0.4, 0.5) is 0 Å². The van der Waals surface area contributed by atoms with E-state index in [1.807, 2.05) is 0 Å². The van der Waals surface area contributed by atoms with Crippen molar-refractivity contribution in [1.82, 2.24) is 10.2 Å². The van der Waals surface area contributed by atoms with Crippen LogP contribution in [-0.2, 0) is 38.1 Å². The molecule has 0 saturated carbocycles. The number of Topliss-reactive ketones (excluding diaryl/α,β-unsaturated/α-hetero) is 2. The van der Waals surface area contributed by atoms with E-state index in [0.717, 1.165) is 19.3 Å². The lowest BCUT2D eigenvalue weighted by atomic mass is 10.1. The maximum Gasteiger partial charge on any atom is 0.222 e. The number of nitrogens with zero attached hydrogens (tertiary/aromatic N) is 1. The first-order valence-electron chi connectivity index (χ1n) is 16.7. The minimum Gasteiger partial charge on any atom is -0.379 e. The number of hydrogen-bond acceptors (Lipinski definition) is 8. The van der Waals surface area contributed by atoms with E-state index in [1.54, 1.807) is 4.90 Å². The second-order valence-electron chi connectivity index (χ2n) is 11.1. The van der Waals surface area contributed by atoms with E-state index in [2.05, 4.69) is 12.2 Å². The average molecular weight is 615 g/mol. The summed E-state index contributed by atoms with van der Waals surface area (Å²) in [4.78, 5) is 48.7. The largest absolute Gasteiger partial charge is 0.379 e. The summed E-state index contributed by atoms with van der Waals surface area (Å²) in [6, 6.07) is 0. The van der Waals surface area contributed by atoms with Crippen LogP contribution in [0.1, 0.15) is 117 Å². The minimum absolute atomic E-state index is 0.0311. The number of ketones is 2. The number of hydrogen-bond donors (Lipinski definition) is 1. The zero-order chi connectivity index (χ0) is 31.8. The molecule has 0 rings (SSSR count). The fourth-order valence-corrected chi connectivity index (χ4v) is 4.26. The van der Waals surface area contributed by atoms with Crippen LogP contribution in [0.3, 0.4) is 0 Å². The quantitative estimate of drug-likeness (QED) is 0.102. The SMILES string of the molecule is CCCCCCCCCCCC(=O)NCCCCC(=O)N(CCOCCOCCC(C)=O)CCOCCOCCC(C)=O. The van der Waals surface area contributed by atoms with Gasteiger partial charge in [-0.3, -0.25) is 19.2 Å². The van der Waals surface area contributed by atoms with E-state index in [1.165, 1.54) is 58.8 Å². The second-order valence-corrected chi connectivity index (χ2v) is 11.1. The van der Waals surface area contributed by atoms with Gasteiger partial charge in [-0.15, -0.1) is 0 Å². The topological polar surface area (TPSA) is 120 Å². The highest BCUT2D eigenvalue weighted by atomic mass is 16.5. The van der Waals surface area contributed by atoms with E-state index in [0.29, 0.717) is 105 Å². The first kappa shape index (κ1) is 41.1. The van der Waals surface area contributed by atoms with Gasteiger partial charge >= 0.3 is 0 Å². The Balaban J connectivity index is 4.12. The molecule has 2 amide bonds. The van der Waals surface area contributed by atoms with Gasteiger partial charge in [-0.05, 0) is 33.1 Å². The van der Waals surface area contributed by atoms with Crippen molar-refractivity contribution in [1.29, 1.82) is 0 Å². The lowest BCUT2D eigenvalue weighted by Crippen LogP contribution is -2.37. The maximum atomic E-state index is 12.9. The molecule has 0 aromatic heterocycles. The summed E-state index contributed by atoms with van der Waals surface area (Å²) in [5.41, 5.74) is 0. The van der Waals surface area contributed by atoms with Gasteiger partial charge in [0, 0.05) is 45.3 Å². The number of carbonyl (C=O) groups is 4. The average Bonchev–Trinajstić information content (AvgIpc) is 2.97. The predicted molar refractivity (Wildman–Crippen MR) is 169 cm³/mol. The fraction of sp³-hybridized carbons (Fsp3) is 0.879. The molecule has 0 saturated heterocycles. The van der Waals surface area contributed by atoms with Crippen LogP contribution >= 0.6 is 0 Å². The van der Waals surface area contributed by atoms with Crippen LogP contribution in [0.5, 0.6) is 0 Å². The van der Waals surface area contributed by atoms with E-state index in [4.69, 9.17) is 18.9 Å². The van der Waals surface area contributed by atoms with Gasteiger partial charge in [0.2, 0.25) is 11.8 Å². The summed E-state index contributed by atoms with van der Waals surface area (Å²) >= 11 is 0. The van der Waals surface area contributed by atoms with Crippen molar-refractivity contribution in [2.24, 2.45) is 0 Å². The van der Waals surface area contributed by atoms with Crippen LogP contribution in [0.2, 0.25) is 0 Å². The third-order valence-corrected chi connectivity index (χ3v) is 6.95. The number of ether oxygens (including phenoxy) is 4. The Morgan fingerprint density at radius 3 is 1.44 bits per heavy atom. The predicted octanol–water partition coefficient (Wildman–Crippen LogP) is 5.05. The Bertz CT molecular complexity index is 674. The summed E-state index contributed by atoms with van der Waals surface area (Å²) in [5, 5.41) is 2.98. The van der Waals surface area contributed by atoms with E-state index in [-0.39, 0.29) is 23.4 Å². The van der Waals surface area contributed by atoms with Crippen molar-refractivity contribution >= 4 is 23.4 Å². The molecular formula is C33H62N2O8. The van der Waals surface area contributed by atoms with Crippen molar-refractivity contribution in [3.8, 4) is 0 Å². The standard InChI is InChI=1S/C33H62N2O8/c1-4-5-6-7-8-9-10-11-12-15-32(38)34-19-14-13-16-33(39)35(20-24-42-28-26-40-22-17-30(2)36)21-25-43-29-27-41-23-18-31(3)37/h4-29H2,1-3H3,(H,34,38). The highest BCUT2D eigenvalue weighted by Crippen LogP contribution is 2.10. The molecule has 43 heavy (non-hydrogen) atoms. The molecule has 0 aliphatic rings. The lowest BCUT2D eigenvalue weighted by molar-refractivity contribution is -0.133. The van der Waals surface area contributed by atoms with Gasteiger partial charge in [0.1, 0.15) is 11.6 Å². The summed E-state index contributed by atoms with van der Waals surface area (Å²) in [6.07, 6.45) is 14.3. The number of unbranched alkanes of at least 4 members (excludes halogenated alkanes) is 9. The van der Waals surface area contributed by atoms with E-state index >= 15 is 0 Å². The third kappa shape index (κ3) is 31.4. The minimum atomic E-state index is 0.0311. The normalized spacial score (nSPS) is 11.0. The molecule has 0 unspecified atom stereocenters. The highest BCUT2D eigenvalue weighted by Gasteiger charge is 2.13. The Morgan fingerprint density at radius 2 is 0.953 bits per heavy atom. The third-order valence-electron chi connectivity index (χ3n) is 6.95. The molecule has 0 spiro atoms. The molecule has 0 fully saturated rings. The number of carbonyl (C=O) groups excluding carboxylic acids is 4. The Labute approximate surface area is 261 Å². The summed E-state index contributed by atoms with van der Waals surface area (Å²) in [6.45, 7) is 9.91. The molecule has 0 heterocycles. The van der Waals surface area contributed by atoms with Crippen molar-refractivity contribution < 1.29 is 38.1 Å². The number of amides is 2. The molecule has 10 heteroatoms. The molecular weight excluding hydrogens is 552 g/mol. The van der Waals surface area contributed by atoms with Crippen molar-refractivity contribution in [2.45, 2.75) is 117 Å². The van der Waals surface area contributed by atoms with Crippen molar-refractivity contribution in [3.63, 3.8) is 0 Å². The zero-order valence-corrected chi connectivity index (χ0v) is 27.6. The van der Waals surface area contributed by atoms with Crippen molar-refractivity contribution in [2.75, 3.05) is 72.5 Å². The first-order chi connectivity index (χ1) is 20.9. The molecule has 0 aliphatic heterocycles. The summed E-state index contributed by atoms with van der Waals surface area (Å²) < 4.78 is 22.0. The molecule has 252 valence electrons. The molecule has 1 N–H and O–H groups in total. The van der Waals surface area contributed by atoms with Crippen LogP contribution in [0.15, 0.2) is 0 Å². The molecule has 0 atom stereocenters. The Morgan fingerprint density at radius 1 is 0.512 bits per heavy atom. The van der Waals surface area contributed by atoms with Crippen LogP contribution in [0.25, 0.3) is 0 Å². The molecule has 0 aliphatic carbocycles. The van der Waals surface area contributed by atoms with Gasteiger partial charge in [-0.1, -0.05) is 58.3 Å². The molecule has 10 nitrogen and oxygen atoms in total. The molecule has 0 aromatic carbocycles. The Hall–Kier alpha value is -1.88. The van der Waals surface area contributed by atoms with E-state index < -0.39 is 0 Å². The molecule has 0 radical (unpaired) electrons. The van der Waals surface area contributed by atoms with Crippen molar-refractivity contribution in [3.05, 3.63) is 0 Å². The van der Waals surface area contributed by atoms with Crippen LogP contribution < -0.4 is 5.32 Å². The zero-order valence-electron chi connectivity index (χ0n) is 27.6. The van der Waals surface area contributed by atoms with Gasteiger partial charge in [-0.2, -0.15) is 0 Å². The lowest BCUT2D eigenvalue weighted by Gasteiger charge is -2.23. The molecule has 0 aromatic rings. The monoisotopic (exact) mass is 614 g/mol. The summed E-state index contributed by atoms with van der Waals surface area (Å²) in [7, 11) is 0. The first-order valence-corrected chi connectivity index (χ1v) is 16.7. The van der Waals surface area contributed by atoms with E-state index in [9.17, 15) is 19.2 Å². The van der Waals surface area contributed by atoms with Crippen LogP contribution in [-0.4, -0.2) is 101 Å². The fourth-order valence-electron chi connectivity index (χ4n) is 4.26. The van der Waals surface area contributed by atoms with Gasteiger partial charge in [0.25, 0.3) is 0 Å².